The maximum absolute atomic E-state index is 11.1. The van der Waals surface area contributed by atoms with Gasteiger partial charge in [-0.2, -0.15) is 0 Å². The summed E-state index contributed by atoms with van der Waals surface area (Å²) in [5, 5.41) is 3.31. The molecule has 0 bridgehead atoms. The predicted octanol–water partition coefficient (Wildman–Crippen LogP) is 1.16. The number of ether oxygens (including phenoxy) is 1. The number of rotatable bonds is 5. The average molecular weight is 210 g/mol. The lowest BCUT2D eigenvalue weighted by Gasteiger charge is -2.11. The molecular formula is C11H18N2O2. The van der Waals surface area contributed by atoms with Crippen molar-refractivity contribution < 1.29 is 9.53 Å². The number of esters is 1. The molecule has 0 fully saturated rings. The topological polar surface area (TPSA) is 43.3 Å². The molecule has 0 saturated heterocycles. The van der Waals surface area contributed by atoms with Crippen LogP contribution in [0.2, 0.25) is 0 Å². The molecule has 15 heavy (non-hydrogen) atoms. The van der Waals surface area contributed by atoms with E-state index >= 15 is 0 Å². The molecule has 0 saturated carbocycles. The molecule has 1 aromatic heterocycles. The third kappa shape index (κ3) is 3.75. The van der Waals surface area contributed by atoms with Crippen LogP contribution in [0, 0.1) is 0 Å². The summed E-state index contributed by atoms with van der Waals surface area (Å²) in [6.45, 7) is 5.22. The molecule has 0 aliphatic carbocycles. The largest absolute Gasteiger partial charge is 0.468 e. The number of carbonyl (C=O) groups excluding carboxylic acids is 1. The lowest BCUT2D eigenvalue weighted by molar-refractivity contribution is -0.141. The molecule has 0 aliphatic heterocycles. The third-order valence-electron chi connectivity index (χ3n) is 2.14. The summed E-state index contributed by atoms with van der Waals surface area (Å²) in [7, 11) is 1.40. The van der Waals surface area contributed by atoms with E-state index in [1.54, 1.807) is 0 Å². The highest BCUT2D eigenvalue weighted by molar-refractivity contribution is 5.69. The van der Waals surface area contributed by atoms with Crippen molar-refractivity contribution in [3.05, 3.63) is 24.0 Å². The molecule has 0 atom stereocenters. The number of nitrogens with zero attached hydrogens (tertiary/aromatic N) is 1. The van der Waals surface area contributed by atoms with Gasteiger partial charge < -0.3 is 14.6 Å². The Morgan fingerprint density at radius 1 is 1.60 bits per heavy atom. The normalized spacial score (nSPS) is 10.7. The summed E-state index contributed by atoms with van der Waals surface area (Å²) in [4.78, 5) is 11.1. The van der Waals surface area contributed by atoms with Crippen LogP contribution in [0.15, 0.2) is 18.3 Å². The van der Waals surface area contributed by atoms with E-state index in [2.05, 4.69) is 23.9 Å². The van der Waals surface area contributed by atoms with Gasteiger partial charge in [-0.15, -0.1) is 0 Å². The van der Waals surface area contributed by atoms with Gasteiger partial charge >= 0.3 is 5.97 Å². The molecule has 0 radical (unpaired) electrons. The first-order valence-corrected chi connectivity index (χ1v) is 5.07. The highest BCUT2D eigenvalue weighted by Crippen LogP contribution is 2.02. The van der Waals surface area contributed by atoms with Crippen molar-refractivity contribution in [3.63, 3.8) is 0 Å². The Morgan fingerprint density at radius 2 is 2.33 bits per heavy atom. The first kappa shape index (κ1) is 11.8. The molecule has 4 nitrogen and oxygen atoms in total. The van der Waals surface area contributed by atoms with Crippen LogP contribution in [0.1, 0.15) is 19.5 Å². The molecule has 1 heterocycles. The standard InChI is InChI=1S/C11H18N2O2/c1-9(2)12-7-10-5-4-6-13(10)8-11(14)15-3/h4-6,9,12H,7-8H2,1-3H3. The SMILES string of the molecule is COC(=O)Cn1cccc1CNC(C)C. The Bertz CT molecular complexity index is 318. The smallest absolute Gasteiger partial charge is 0.325 e. The molecule has 4 heteroatoms. The average Bonchev–Trinajstić information content (AvgIpc) is 2.62. The van der Waals surface area contributed by atoms with E-state index in [-0.39, 0.29) is 12.5 Å². The van der Waals surface area contributed by atoms with Gasteiger partial charge in [-0.1, -0.05) is 13.8 Å². The van der Waals surface area contributed by atoms with E-state index in [0.29, 0.717) is 6.04 Å². The minimum Gasteiger partial charge on any atom is -0.468 e. The second-order valence-electron chi connectivity index (χ2n) is 3.74. The van der Waals surface area contributed by atoms with Gasteiger partial charge in [-0.25, -0.2) is 0 Å². The molecule has 0 amide bonds. The zero-order valence-electron chi connectivity index (χ0n) is 9.49. The molecule has 1 rings (SSSR count). The number of aromatic nitrogens is 1. The summed E-state index contributed by atoms with van der Waals surface area (Å²) in [6, 6.07) is 4.37. The first-order chi connectivity index (χ1) is 7.13. The highest BCUT2D eigenvalue weighted by Gasteiger charge is 2.06. The van der Waals surface area contributed by atoms with E-state index in [4.69, 9.17) is 0 Å². The Labute approximate surface area is 90.2 Å². The highest BCUT2D eigenvalue weighted by atomic mass is 16.5. The van der Waals surface area contributed by atoms with Crippen LogP contribution in [0.5, 0.6) is 0 Å². The first-order valence-electron chi connectivity index (χ1n) is 5.07. The number of hydrogen-bond donors (Lipinski definition) is 1. The van der Waals surface area contributed by atoms with Crippen molar-refractivity contribution in [1.29, 1.82) is 0 Å². The van der Waals surface area contributed by atoms with Crippen LogP contribution in [0.4, 0.5) is 0 Å². The fourth-order valence-corrected chi connectivity index (χ4v) is 1.28. The minimum atomic E-state index is -0.225. The van der Waals surface area contributed by atoms with Gasteiger partial charge in [0.25, 0.3) is 0 Å². The van der Waals surface area contributed by atoms with Gasteiger partial charge in [0.1, 0.15) is 6.54 Å². The van der Waals surface area contributed by atoms with Crippen LogP contribution in [0.25, 0.3) is 0 Å². The Hall–Kier alpha value is -1.29. The molecule has 84 valence electrons. The number of methoxy groups -OCH3 is 1. The third-order valence-corrected chi connectivity index (χ3v) is 2.14. The molecule has 0 aliphatic rings. The lowest BCUT2D eigenvalue weighted by atomic mass is 10.3. The molecule has 1 aromatic rings. The zero-order valence-corrected chi connectivity index (χ0v) is 9.49. The van der Waals surface area contributed by atoms with Crippen molar-refractivity contribution in [3.8, 4) is 0 Å². The summed E-state index contributed by atoms with van der Waals surface area (Å²) in [6.07, 6.45) is 1.88. The second kappa shape index (κ2) is 5.56. The van der Waals surface area contributed by atoms with E-state index in [9.17, 15) is 4.79 Å². The second-order valence-corrected chi connectivity index (χ2v) is 3.74. The fourth-order valence-electron chi connectivity index (χ4n) is 1.28. The van der Waals surface area contributed by atoms with Crippen LogP contribution in [0.3, 0.4) is 0 Å². The van der Waals surface area contributed by atoms with Crippen LogP contribution < -0.4 is 5.32 Å². The summed E-state index contributed by atoms with van der Waals surface area (Å²) >= 11 is 0. The number of nitrogens with one attached hydrogen (secondary N) is 1. The fraction of sp³-hybridized carbons (Fsp3) is 0.545. The maximum atomic E-state index is 11.1. The summed E-state index contributed by atoms with van der Waals surface area (Å²) in [5.74, 6) is -0.225. The quantitative estimate of drug-likeness (QED) is 0.742. The van der Waals surface area contributed by atoms with Crippen molar-refractivity contribution >= 4 is 5.97 Å². The monoisotopic (exact) mass is 210 g/mol. The van der Waals surface area contributed by atoms with E-state index in [0.717, 1.165) is 12.2 Å². The number of carbonyl (C=O) groups is 1. The molecule has 1 N–H and O–H groups in total. The van der Waals surface area contributed by atoms with Gasteiger partial charge in [0.05, 0.1) is 7.11 Å². The van der Waals surface area contributed by atoms with Gasteiger partial charge in [-0.3, -0.25) is 4.79 Å². The van der Waals surface area contributed by atoms with Crippen LogP contribution in [-0.4, -0.2) is 23.7 Å². The molecule has 0 unspecified atom stereocenters. The van der Waals surface area contributed by atoms with E-state index in [1.165, 1.54) is 7.11 Å². The van der Waals surface area contributed by atoms with Crippen molar-refractivity contribution in [2.24, 2.45) is 0 Å². The summed E-state index contributed by atoms with van der Waals surface area (Å²) < 4.78 is 6.51. The molecule has 0 aromatic carbocycles. The predicted molar refractivity (Wildman–Crippen MR) is 58.4 cm³/mol. The van der Waals surface area contributed by atoms with Crippen molar-refractivity contribution in [2.45, 2.75) is 33.0 Å². The Balaban J connectivity index is 2.57. The van der Waals surface area contributed by atoms with Gasteiger partial charge in [0.2, 0.25) is 0 Å². The zero-order chi connectivity index (χ0) is 11.3. The van der Waals surface area contributed by atoms with Crippen molar-refractivity contribution in [2.75, 3.05) is 7.11 Å². The Kier molecular flexibility index (Phi) is 4.37. The van der Waals surface area contributed by atoms with Crippen LogP contribution >= 0.6 is 0 Å². The van der Waals surface area contributed by atoms with E-state index in [1.807, 2.05) is 22.9 Å². The van der Waals surface area contributed by atoms with Gasteiger partial charge in [-0.05, 0) is 12.1 Å². The Morgan fingerprint density at radius 3 is 2.93 bits per heavy atom. The van der Waals surface area contributed by atoms with Crippen molar-refractivity contribution in [1.82, 2.24) is 9.88 Å². The van der Waals surface area contributed by atoms with Crippen LogP contribution in [-0.2, 0) is 22.6 Å². The summed E-state index contributed by atoms with van der Waals surface area (Å²) in [5.41, 5.74) is 1.09. The molecule has 0 spiro atoms. The van der Waals surface area contributed by atoms with E-state index < -0.39 is 0 Å². The molecular weight excluding hydrogens is 192 g/mol. The number of hydrogen-bond acceptors (Lipinski definition) is 3. The van der Waals surface area contributed by atoms with Gasteiger partial charge in [0.15, 0.2) is 0 Å². The maximum Gasteiger partial charge on any atom is 0.325 e. The van der Waals surface area contributed by atoms with Gasteiger partial charge in [0, 0.05) is 24.5 Å². The minimum absolute atomic E-state index is 0.225. The lowest BCUT2D eigenvalue weighted by Crippen LogP contribution is -2.24.